The largest absolute Gasteiger partial charge is 0.349 e. The number of hydrogen-bond donors (Lipinski definition) is 2. The van der Waals surface area contributed by atoms with Gasteiger partial charge in [-0.15, -0.1) is 0 Å². The number of thiol groups is 2. The van der Waals surface area contributed by atoms with Crippen molar-refractivity contribution < 1.29 is 0 Å². The Morgan fingerprint density at radius 2 is 2.00 bits per heavy atom. The van der Waals surface area contributed by atoms with E-state index in [-0.39, 0.29) is 0 Å². The topological polar surface area (TPSA) is 15.6 Å². The van der Waals surface area contributed by atoms with Crippen molar-refractivity contribution in [1.29, 1.82) is 0 Å². The second kappa shape index (κ2) is 5.77. The van der Waals surface area contributed by atoms with Crippen molar-refractivity contribution in [3.8, 4) is 0 Å². The van der Waals surface area contributed by atoms with Crippen molar-refractivity contribution in [2.24, 2.45) is 4.99 Å². The molecule has 2 nitrogen and oxygen atoms in total. The van der Waals surface area contributed by atoms with Gasteiger partial charge in [0.05, 0.1) is 17.6 Å². The lowest BCUT2D eigenvalue weighted by Gasteiger charge is -2.26. The van der Waals surface area contributed by atoms with Crippen LogP contribution >= 0.6 is 25.3 Å². The normalized spacial score (nSPS) is 12.4. The Bertz CT molecular complexity index is 134. The lowest BCUT2D eigenvalue weighted by atomic mass is 10.3. The average Bonchev–Trinajstić information content (AvgIpc) is 1.88. The number of aliphatic imine (C=N–C) groups is 1. The molecule has 0 radical (unpaired) electrons. The summed E-state index contributed by atoms with van der Waals surface area (Å²) in [6, 6.07) is 0.455. The van der Waals surface area contributed by atoms with E-state index in [1.165, 1.54) is 0 Å². The number of hydrogen-bond acceptors (Lipinski definition) is 3. The van der Waals surface area contributed by atoms with Crippen molar-refractivity contribution in [1.82, 2.24) is 4.90 Å². The highest BCUT2D eigenvalue weighted by atomic mass is 32.1. The van der Waals surface area contributed by atoms with Gasteiger partial charge in [-0.3, -0.25) is 4.99 Å². The van der Waals surface area contributed by atoms with Crippen LogP contribution in [0.5, 0.6) is 0 Å². The molecule has 0 aliphatic heterocycles. The maximum absolute atomic E-state index is 4.21. The SMILES string of the molecule is CC(=NCS)N(CS)C(C)C. The van der Waals surface area contributed by atoms with Crippen LogP contribution in [0.4, 0.5) is 0 Å². The summed E-state index contributed by atoms with van der Waals surface area (Å²) >= 11 is 8.23. The summed E-state index contributed by atoms with van der Waals surface area (Å²) in [5.74, 6) is 2.26. The van der Waals surface area contributed by atoms with Crippen LogP contribution in [-0.4, -0.2) is 28.5 Å². The third-order valence-electron chi connectivity index (χ3n) is 1.49. The van der Waals surface area contributed by atoms with E-state index in [2.05, 4.69) is 49.0 Å². The van der Waals surface area contributed by atoms with Crippen LogP contribution in [0.3, 0.4) is 0 Å². The van der Waals surface area contributed by atoms with Gasteiger partial charge in [-0.05, 0) is 20.8 Å². The first-order valence-electron chi connectivity index (χ1n) is 3.63. The molecule has 0 N–H and O–H groups in total. The predicted octanol–water partition coefficient (Wildman–Crippen LogP) is 1.89. The van der Waals surface area contributed by atoms with Crippen LogP contribution in [0.2, 0.25) is 0 Å². The van der Waals surface area contributed by atoms with Crippen LogP contribution in [0.25, 0.3) is 0 Å². The Hall–Kier alpha value is 0.170. The first kappa shape index (κ1) is 11.2. The number of rotatable bonds is 3. The van der Waals surface area contributed by atoms with Gasteiger partial charge in [0.15, 0.2) is 0 Å². The molecular weight excluding hydrogens is 176 g/mol. The molecule has 0 spiro atoms. The van der Waals surface area contributed by atoms with E-state index in [4.69, 9.17) is 0 Å². The summed E-state index contributed by atoms with van der Waals surface area (Å²) < 4.78 is 0. The van der Waals surface area contributed by atoms with Gasteiger partial charge >= 0.3 is 0 Å². The molecule has 0 aromatic rings. The zero-order valence-corrected chi connectivity index (χ0v) is 9.07. The van der Waals surface area contributed by atoms with Gasteiger partial charge < -0.3 is 4.90 Å². The van der Waals surface area contributed by atoms with Crippen LogP contribution in [0, 0.1) is 0 Å². The molecule has 0 fully saturated rings. The molecule has 0 heterocycles. The fraction of sp³-hybridized carbons (Fsp3) is 0.857. The molecule has 0 rings (SSSR count). The smallest absolute Gasteiger partial charge is 0.0976 e. The Kier molecular flexibility index (Phi) is 5.86. The van der Waals surface area contributed by atoms with Gasteiger partial charge in [0.25, 0.3) is 0 Å². The van der Waals surface area contributed by atoms with Gasteiger partial charge in [0.1, 0.15) is 0 Å². The third kappa shape index (κ3) is 3.91. The summed E-state index contributed by atoms with van der Waals surface area (Å²) in [4.78, 5) is 6.29. The minimum atomic E-state index is 0.455. The minimum absolute atomic E-state index is 0.455. The van der Waals surface area contributed by atoms with Gasteiger partial charge in [0, 0.05) is 6.04 Å². The van der Waals surface area contributed by atoms with Crippen molar-refractivity contribution in [3.63, 3.8) is 0 Å². The van der Waals surface area contributed by atoms with Crippen LogP contribution in [0.15, 0.2) is 4.99 Å². The van der Waals surface area contributed by atoms with Crippen molar-refractivity contribution in [2.75, 3.05) is 11.8 Å². The lowest BCUT2D eigenvalue weighted by Crippen LogP contribution is -2.34. The summed E-state index contributed by atoms with van der Waals surface area (Å²) in [6.07, 6.45) is 0. The molecule has 0 unspecified atom stereocenters. The minimum Gasteiger partial charge on any atom is -0.349 e. The Balaban J connectivity index is 4.13. The van der Waals surface area contributed by atoms with E-state index >= 15 is 0 Å². The van der Waals surface area contributed by atoms with Crippen molar-refractivity contribution in [3.05, 3.63) is 0 Å². The van der Waals surface area contributed by atoms with E-state index in [0.717, 1.165) is 5.84 Å². The fourth-order valence-corrected chi connectivity index (χ4v) is 1.57. The summed E-state index contributed by atoms with van der Waals surface area (Å²) in [5.41, 5.74) is 0. The van der Waals surface area contributed by atoms with E-state index in [0.29, 0.717) is 17.8 Å². The number of nitrogens with zero attached hydrogens (tertiary/aromatic N) is 2. The van der Waals surface area contributed by atoms with E-state index < -0.39 is 0 Å². The fourth-order valence-electron chi connectivity index (χ4n) is 0.832. The van der Waals surface area contributed by atoms with Gasteiger partial charge in [-0.2, -0.15) is 25.3 Å². The Morgan fingerprint density at radius 1 is 1.45 bits per heavy atom. The highest BCUT2D eigenvalue weighted by Crippen LogP contribution is 2.01. The molecule has 0 aromatic heterocycles. The van der Waals surface area contributed by atoms with E-state index in [9.17, 15) is 0 Å². The van der Waals surface area contributed by atoms with E-state index in [1.807, 2.05) is 6.92 Å². The highest BCUT2D eigenvalue weighted by molar-refractivity contribution is 7.80. The standard InChI is InChI=1S/C7H16N2S2/c1-6(2)9(5-11)7(3)8-4-10/h6,10-11H,4-5H2,1-3H3. The molecule has 0 aliphatic carbocycles. The zero-order chi connectivity index (χ0) is 8.85. The quantitative estimate of drug-likeness (QED) is 0.302. The summed E-state index contributed by atoms with van der Waals surface area (Å²) in [6.45, 7) is 6.22. The van der Waals surface area contributed by atoms with E-state index in [1.54, 1.807) is 0 Å². The molecule has 0 aliphatic rings. The third-order valence-corrected chi connectivity index (χ3v) is 1.94. The molecule has 0 bridgehead atoms. The molecule has 66 valence electrons. The highest BCUT2D eigenvalue weighted by Gasteiger charge is 2.07. The number of amidine groups is 1. The van der Waals surface area contributed by atoms with Crippen LogP contribution in [-0.2, 0) is 0 Å². The zero-order valence-electron chi connectivity index (χ0n) is 7.28. The molecule has 11 heavy (non-hydrogen) atoms. The maximum Gasteiger partial charge on any atom is 0.0976 e. The molecular formula is C7H16N2S2. The van der Waals surface area contributed by atoms with Crippen LogP contribution in [0.1, 0.15) is 20.8 Å². The molecule has 0 saturated carbocycles. The van der Waals surface area contributed by atoms with Gasteiger partial charge in [0.2, 0.25) is 0 Å². The summed E-state index contributed by atoms with van der Waals surface area (Å²) in [7, 11) is 0. The van der Waals surface area contributed by atoms with Crippen molar-refractivity contribution in [2.45, 2.75) is 26.8 Å². The Morgan fingerprint density at radius 3 is 2.27 bits per heavy atom. The molecule has 0 atom stereocenters. The second-order valence-corrected chi connectivity index (χ2v) is 3.12. The van der Waals surface area contributed by atoms with Crippen molar-refractivity contribution >= 4 is 31.1 Å². The molecule has 0 aromatic carbocycles. The maximum atomic E-state index is 4.21. The lowest BCUT2D eigenvalue weighted by molar-refractivity contribution is 0.401. The molecule has 0 saturated heterocycles. The first-order chi connectivity index (χ1) is 5.13. The monoisotopic (exact) mass is 192 g/mol. The second-order valence-electron chi connectivity index (χ2n) is 2.55. The van der Waals surface area contributed by atoms with Gasteiger partial charge in [-0.25, -0.2) is 0 Å². The molecule has 4 heteroatoms. The van der Waals surface area contributed by atoms with Crippen LogP contribution < -0.4 is 0 Å². The van der Waals surface area contributed by atoms with Gasteiger partial charge in [-0.1, -0.05) is 0 Å². The molecule has 0 amide bonds. The predicted molar refractivity (Wildman–Crippen MR) is 57.8 cm³/mol. The summed E-state index contributed by atoms with van der Waals surface area (Å²) in [5, 5.41) is 0. The first-order valence-corrected chi connectivity index (χ1v) is 4.89. The Labute approximate surface area is 79.9 Å². The average molecular weight is 192 g/mol.